The summed E-state index contributed by atoms with van der Waals surface area (Å²) < 4.78 is 0. The minimum Gasteiger partial charge on any atom is -0.396 e. The predicted octanol–water partition coefficient (Wildman–Crippen LogP) is 2.52. The Morgan fingerprint density at radius 2 is 2.12 bits per heavy atom. The van der Waals surface area contributed by atoms with Crippen molar-refractivity contribution in [2.24, 2.45) is 17.3 Å². The lowest BCUT2D eigenvalue weighted by atomic mass is 9.78. The Hall–Kier alpha value is -0.600. The highest BCUT2D eigenvalue weighted by atomic mass is 16.3. The summed E-state index contributed by atoms with van der Waals surface area (Å²) in [5, 5.41) is 19.3. The Bertz CT molecular complexity index is 255. The molecule has 0 aromatic carbocycles. The molecule has 0 saturated heterocycles. The van der Waals surface area contributed by atoms with Crippen LogP contribution in [0.4, 0.5) is 0 Å². The molecule has 3 atom stereocenters. The third kappa shape index (κ3) is 2.96. The first-order valence-corrected chi connectivity index (χ1v) is 6.09. The molecule has 16 heavy (non-hydrogen) atoms. The monoisotopic (exact) mass is 224 g/mol. The lowest BCUT2D eigenvalue weighted by molar-refractivity contribution is 0.0465. The summed E-state index contributed by atoms with van der Waals surface area (Å²) in [6.45, 7) is 8.11. The van der Waals surface area contributed by atoms with Crippen molar-refractivity contribution in [3.63, 3.8) is 0 Å². The zero-order chi connectivity index (χ0) is 12.2. The topological polar surface area (TPSA) is 40.5 Å². The maximum Gasteiger partial charge on any atom is 0.0623 e. The molecule has 1 fully saturated rings. The summed E-state index contributed by atoms with van der Waals surface area (Å²) in [5.74, 6) is 0.350. The Kier molecular flexibility index (Phi) is 4.75. The maximum absolute atomic E-state index is 10.1. The van der Waals surface area contributed by atoms with Crippen molar-refractivity contribution in [1.29, 1.82) is 0 Å². The van der Waals surface area contributed by atoms with E-state index >= 15 is 0 Å². The Labute approximate surface area is 98.7 Å². The second-order valence-corrected chi connectivity index (χ2v) is 5.47. The van der Waals surface area contributed by atoms with Crippen LogP contribution in [0.25, 0.3) is 0 Å². The zero-order valence-corrected chi connectivity index (χ0v) is 10.4. The minimum absolute atomic E-state index is 0.0587. The third-order valence-electron chi connectivity index (χ3n) is 3.84. The number of aliphatic hydroxyl groups is 2. The van der Waals surface area contributed by atoms with Crippen LogP contribution in [-0.4, -0.2) is 22.9 Å². The average Bonchev–Trinajstić information content (AvgIpc) is 2.45. The minimum atomic E-state index is -0.350. The highest BCUT2D eigenvalue weighted by Crippen LogP contribution is 2.48. The summed E-state index contributed by atoms with van der Waals surface area (Å²) in [7, 11) is 0. The van der Waals surface area contributed by atoms with Gasteiger partial charge in [0.2, 0.25) is 0 Å². The number of hydrogen-bond acceptors (Lipinski definition) is 2. The Morgan fingerprint density at radius 3 is 2.62 bits per heavy atom. The maximum atomic E-state index is 10.1. The number of rotatable bonds is 5. The van der Waals surface area contributed by atoms with Gasteiger partial charge in [-0.2, -0.15) is 0 Å². The van der Waals surface area contributed by atoms with Crippen LogP contribution >= 0.6 is 0 Å². The van der Waals surface area contributed by atoms with E-state index < -0.39 is 0 Å². The molecule has 0 radical (unpaired) electrons. The van der Waals surface area contributed by atoms with Gasteiger partial charge in [-0.05, 0) is 30.6 Å². The molecular weight excluding hydrogens is 200 g/mol. The molecule has 2 nitrogen and oxygen atoms in total. The Balaban J connectivity index is 2.56. The van der Waals surface area contributed by atoms with Crippen molar-refractivity contribution in [2.75, 3.05) is 6.61 Å². The van der Waals surface area contributed by atoms with Crippen LogP contribution in [0.2, 0.25) is 0 Å². The largest absolute Gasteiger partial charge is 0.396 e. The summed E-state index contributed by atoms with van der Waals surface area (Å²) in [5.41, 5.74) is 0.134. The summed E-state index contributed by atoms with van der Waals surface area (Å²) in [6.07, 6.45) is 8.31. The van der Waals surface area contributed by atoms with Crippen LogP contribution in [0.3, 0.4) is 0 Å². The first kappa shape index (κ1) is 13.5. The van der Waals surface area contributed by atoms with E-state index in [9.17, 15) is 10.2 Å². The molecule has 1 aliphatic carbocycles. The van der Waals surface area contributed by atoms with Crippen LogP contribution in [0.15, 0.2) is 24.8 Å². The molecule has 0 bridgehead atoms. The fourth-order valence-corrected chi connectivity index (χ4v) is 2.94. The van der Waals surface area contributed by atoms with E-state index in [-0.39, 0.29) is 24.0 Å². The first-order chi connectivity index (χ1) is 7.53. The molecular formula is C14H24O2. The van der Waals surface area contributed by atoms with Crippen molar-refractivity contribution in [3.05, 3.63) is 24.8 Å². The van der Waals surface area contributed by atoms with Gasteiger partial charge < -0.3 is 10.2 Å². The standard InChI is InChI=1S/C14H24O2/c1-4-5-6-7-8-12-13(16)11(10-15)9-14(12,2)3/h4-6,11-13,15-16H,1,7-10H2,2-3H3. The predicted molar refractivity (Wildman–Crippen MR) is 67.0 cm³/mol. The highest BCUT2D eigenvalue weighted by Gasteiger charge is 2.46. The van der Waals surface area contributed by atoms with E-state index in [0.717, 1.165) is 19.3 Å². The summed E-state index contributed by atoms with van der Waals surface area (Å²) >= 11 is 0. The molecule has 2 N–H and O–H groups in total. The molecule has 92 valence electrons. The van der Waals surface area contributed by atoms with Crippen LogP contribution in [0.5, 0.6) is 0 Å². The van der Waals surface area contributed by atoms with Crippen molar-refractivity contribution < 1.29 is 10.2 Å². The van der Waals surface area contributed by atoms with Crippen molar-refractivity contribution in [3.8, 4) is 0 Å². The first-order valence-electron chi connectivity index (χ1n) is 6.09. The van der Waals surface area contributed by atoms with Crippen LogP contribution in [-0.2, 0) is 0 Å². The Morgan fingerprint density at radius 1 is 1.44 bits per heavy atom. The molecule has 1 rings (SSSR count). The van der Waals surface area contributed by atoms with E-state index in [1.807, 2.05) is 6.08 Å². The quantitative estimate of drug-likeness (QED) is 0.704. The summed E-state index contributed by atoms with van der Waals surface area (Å²) in [6, 6.07) is 0. The second kappa shape index (κ2) is 5.65. The van der Waals surface area contributed by atoms with Gasteiger partial charge in [0.15, 0.2) is 0 Å². The van der Waals surface area contributed by atoms with E-state index in [4.69, 9.17) is 0 Å². The van der Waals surface area contributed by atoms with Crippen LogP contribution < -0.4 is 0 Å². The van der Waals surface area contributed by atoms with Gasteiger partial charge in [0, 0.05) is 12.5 Å². The highest BCUT2D eigenvalue weighted by molar-refractivity contribution is 5.00. The van der Waals surface area contributed by atoms with E-state index in [1.165, 1.54) is 0 Å². The lowest BCUT2D eigenvalue weighted by Crippen LogP contribution is -2.27. The molecule has 2 heteroatoms. The van der Waals surface area contributed by atoms with Gasteiger partial charge in [0.1, 0.15) is 0 Å². The van der Waals surface area contributed by atoms with Crippen molar-refractivity contribution >= 4 is 0 Å². The number of aliphatic hydroxyl groups excluding tert-OH is 2. The second-order valence-electron chi connectivity index (χ2n) is 5.47. The molecule has 0 amide bonds. The van der Waals surface area contributed by atoms with Gasteiger partial charge in [-0.3, -0.25) is 0 Å². The normalized spacial score (nSPS) is 33.4. The van der Waals surface area contributed by atoms with Gasteiger partial charge in [0.05, 0.1) is 6.10 Å². The molecule has 3 unspecified atom stereocenters. The lowest BCUT2D eigenvalue weighted by Gasteiger charge is -2.28. The van der Waals surface area contributed by atoms with Crippen LogP contribution in [0.1, 0.15) is 33.1 Å². The SMILES string of the molecule is C=CC=CCCC1C(O)C(CO)CC1(C)C. The fourth-order valence-electron chi connectivity index (χ4n) is 2.94. The van der Waals surface area contributed by atoms with Gasteiger partial charge >= 0.3 is 0 Å². The van der Waals surface area contributed by atoms with E-state index in [0.29, 0.717) is 5.92 Å². The third-order valence-corrected chi connectivity index (χ3v) is 3.84. The van der Waals surface area contributed by atoms with Crippen molar-refractivity contribution in [2.45, 2.75) is 39.2 Å². The number of hydrogen-bond donors (Lipinski definition) is 2. The number of allylic oxidation sites excluding steroid dienone is 3. The molecule has 1 aliphatic rings. The average molecular weight is 224 g/mol. The molecule has 0 aliphatic heterocycles. The molecule has 0 aromatic heterocycles. The zero-order valence-electron chi connectivity index (χ0n) is 10.4. The van der Waals surface area contributed by atoms with E-state index in [2.05, 4.69) is 26.5 Å². The molecule has 0 spiro atoms. The molecule has 0 heterocycles. The molecule has 1 saturated carbocycles. The van der Waals surface area contributed by atoms with Gasteiger partial charge in [0.25, 0.3) is 0 Å². The molecule has 0 aromatic rings. The van der Waals surface area contributed by atoms with Crippen LogP contribution in [0, 0.1) is 17.3 Å². The summed E-state index contributed by atoms with van der Waals surface area (Å²) in [4.78, 5) is 0. The fraction of sp³-hybridized carbons (Fsp3) is 0.714. The van der Waals surface area contributed by atoms with E-state index in [1.54, 1.807) is 6.08 Å². The van der Waals surface area contributed by atoms with Crippen molar-refractivity contribution in [1.82, 2.24) is 0 Å². The van der Waals surface area contributed by atoms with Gasteiger partial charge in [-0.25, -0.2) is 0 Å². The smallest absolute Gasteiger partial charge is 0.0623 e. The van der Waals surface area contributed by atoms with Gasteiger partial charge in [-0.1, -0.05) is 38.7 Å². The van der Waals surface area contributed by atoms with Gasteiger partial charge in [-0.15, -0.1) is 0 Å².